The standard InChI is InChI=1S/C10H7N3/c1-2-7-10(11)13-9-6-4-3-5-8(9)12-7/h1,3-6H,(H2,11,13). The summed E-state index contributed by atoms with van der Waals surface area (Å²) in [6.07, 6.45) is 5.21. The van der Waals surface area contributed by atoms with E-state index < -0.39 is 0 Å². The number of hydrogen-bond acceptors (Lipinski definition) is 3. The van der Waals surface area contributed by atoms with Crippen molar-refractivity contribution >= 4 is 16.9 Å². The number of benzene rings is 1. The fraction of sp³-hybridized carbons (Fsp3) is 0. The van der Waals surface area contributed by atoms with E-state index in [1.807, 2.05) is 24.3 Å². The summed E-state index contributed by atoms with van der Waals surface area (Å²) in [6, 6.07) is 7.46. The minimum atomic E-state index is 0.307. The molecule has 62 valence electrons. The zero-order valence-corrected chi connectivity index (χ0v) is 6.86. The van der Waals surface area contributed by atoms with E-state index in [2.05, 4.69) is 15.9 Å². The smallest absolute Gasteiger partial charge is 0.158 e. The number of rotatable bonds is 0. The molecular weight excluding hydrogens is 162 g/mol. The van der Waals surface area contributed by atoms with E-state index in [9.17, 15) is 0 Å². The summed E-state index contributed by atoms with van der Waals surface area (Å²) in [5.74, 6) is 2.70. The molecule has 0 radical (unpaired) electrons. The second kappa shape index (κ2) is 2.76. The number of anilines is 1. The van der Waals surface area contributed by atoms with Crippen LogP contribution in [0.2, 0.25) is 0 Å². The zero-order valence-electron chi connectivity index (χ0n) is 6.86. The second-order valence-corrected chi connectivity index (χ2v) is 2.59. The van der Waals surface area contributed by atoms with Gasteiger partial charge in [-0.2, -0.15) is 0 Å². The average molecular weight is 169 g/mol. The molecule has 0 saturated carbocycles. The second-order valence-electron chi connectivity index (χ2n) is 2.59. The lowest BCUT2D eigenvalue weighted by Gasteiger charge is -1.99. The van der Waals surface area contributed by atoms with Gasteiger partial charge >= 0.3 is 0 Å². The minimum Gasteiger partial charge on any atom is -0.381 e. The summed E-state index contributed by atoms with van der Waals surface area (Å²) in [5, 5.41) is 0. The van der Waals surface area contributed by atoms with Crippen LogP contribution in [0.25, 0.3) is 11.0 Å². The van der Waals surface area contributed by atoms with Gasteiger partial charge in [-0.05, 0) is 18.1 Å². The first-order valence-electron chi connectivity index (χ1n) is 3.80. The molecule has 0 saturated heterocycles. The minimum absolute atomic E-state index is 0.307. The Morgan fingerprint density at radius 1 is 1.15 bits per heavy atom. The monoisotopic (exact) mass is 169 g/mol. The lowest BCUT2D eigenvalue weighted by Crippen LogP contribution is -1.98. The van der Waals surface area contributed by atoms with Crippen molar-refractivity contribution in [1.29, 1.82) is 0 Å². The first-order chi connectivity index (χ1) is 6.31. The van der Waals surface area contributed by atoms with Crippen LogP contribution in [-0.2, 0) is 0 Å². The first kappa shape index (κ1) is 7.56. The summed E-state index contributed by atoms with van der Waals surface area (Å²) in [4.78, 5) is 8.29. The van der Waals surface area contributed by atoms with Gasteiger partial charge in [0.05, 0.1) is 11.0 Å². The lowest BCUT2D eigenvalue weighted by molar-refractivity contribution is 1.27. The maximum absolute atomic E-state index is 5.58. The van der Waals surface area contributed by atoms with E-state index in [4.69, 9.17) is 12.2 Å². The van der Waals surface area contributed by atoms with Crippen molar-refractivity contribution in [2.24, 2.45) is 0 Å². The van der Waals surface area contributed by atoms with Gasteiger partial charge in [0.2, 0.25) is 0 Å². The van der Waals surface area contributed by atoms with E-state index in [-0.39, 0.29) is 0 Å². The summed E-state index contributed by atoms with van der Waals surface area (Å²) in [7, 11) is 0. The lowest BCUT2D eigenvalue weighted by atomic mass is 10.3. The number of nitrogens with zero attached hydrogens (tertiary/aromatic N) is 2. The molecule has 0 atom stereocenters. The summed E-state index contributed by atoms with van der Waals surface area (Å²) >= 11 is 0. The van der Waals surface area contributed by atoms with Gasteiger partial charge in [-0.3, -0.25) is 0 Å². The third kappa shape index (κ3) is 1.18. The molecule has 13 heavy (non-hydrogen) atoms. The molecule has 0 amide bonds. The molecule has 3 nitrogen and oxygen atoms in total. The van der Waals surface area contributed by atoms with Gasteiger partial charge in [-0.1, -0.05) is 12.1 Å². The van der Waals surface area contributed by atoms with Gasteiger partial charge in [-0.15, -0.1) is 6.42 Å². The SMILES string of the molecule is C#Cc1nc2ccccc2nc1N. The number of fused-ring (bicyclic) bond motifs is 1. The van der Waals surface area contributed by atoms with Crippen LogP contribution in [-0.4, -0.2) is 9.97 Å². The van der Waals surface area contributed by atoms with Gasteiger partial charge in [0.15, 0.2) is 11.5 Å². The fourth-order valence-electron chi connectivity index (χ4n) is 1.12. The number of hydrogen-bond donors (Lipinski definition) is 1. The zero-order chi connectivity index (χ0) is 9.26. The molecule has 1 aromatic heterocycles. The molecule has 3 heteroatoms. The third-order valence-electron chi connectivity index (χ3n) is 1.73. The van der Waals surface area contributed by atoms with Gasteiger partial charge in [0.25, 0.3) is 0 Å². The van der Waals surface area contributed by atoms with Gasteiger partial charge < -0.3 is 5.73 Å². The molecule has 1 heterocycles. The average Bonchev–Trinajstić information content (AvgIpc) is 2.17. The maximum atomic E-state index is 5.58. The van der Waals surface area contributed by atoms with Gasteiger partial charge in [-0.25, -0.2) is 9.97 Å². The van der Waals surface area contributed by atoms with Crippen molar-refractivity contribution in [3.63, 3.8) is 0 Å². The Morgan fingerprint density at radius 3 is 2.38 bits per heavy atom. The normalized spacial score (nSPS) is 9.77. The van der Waals surface area contributed by atoms with Crippen LogP contribution in [0, 0.1) is 12.3 Å². The predicted octanol–water partition coefficient (Wildman–Crippen LogP) is 1.19. The van der Waals surface area contributed by atoms with E-state index in [0.717, 1.165) is 11.0 Å². The molecule has 0 fully saturated rings. The van der Waals surface area contributed by atoms with E-state index in [1.165, 1.54) is 0 Å². The molecule has 0 unspecified atom stereocenters. The van der Waals surface area contributed by atoms with Crippen LogP contribution in [0.1, 0.15) is 5.69 Å². The van der Waals surface area contributed by atoms with Crippen molar-refractivity contribution in [3.05, 3.63) is 30.0 Å². The van der Waals surface area contributed by atoms with E-state index in [0.29, 0.717) is 11.5 Å². The third-order valence-corrected chi connectivity index (χ3v) is 1.73. The van der Waals surface area contributed by atoms with Crippen molar-refractivity contribution < 1.29 is 0 Å². The molecular formula is C10H7N3. The van der Waals surface area contributed by atoms with E-state index >= 15 is 0 Å². The number of para-hydroxylation sites is 2. The fourth-order valence-corrected chi connectivity index (χ4v) is 1.12. The topological polar surface area (TPSA) is 51.8 Å². The molecule has 2 aromatic rings. The number of aromatic nitrogens is 2. The van der Waals surface area contributed by atoms with Crippen LogP contribution in [0.3, 0.4) is 0 Å². The molecule has 0 spiro atoms. The highest BCUT2D eigenvalue weighted by Crippen LogP contribution is 2.12. The maximum Gasteiger partial charge on any atom is 0.158 e. The Labute approximate surface area is 75.6 Å². The Kier molecular flexibility index (Phi) is 1.60. The Balaban J connectivity index is 2.83. The highest BCUT2D eigenvalue weighted by molar-refractivity contribution is 5.76. The van der Waals surface area contributed by atoms with Crippen molar-refractivity contribution in [2.45, 2.75) is 0 Å². The van der Waals surface area contributed by atoms with Crippen LogP contribution >= 0.6 is 0 Å². The molecule has 2 N–H and O–H groups in total. The van der Waals surface area contributed by atoms with Crippen LogP contribution in [0.5, 0.6) is 0 Å². The molecule has 1 aromatic carbocycles. The predicted molar refractivity (Wildman–Crippen MR) is 51.9 cm³/mol. The number of nitrogens with two attached hydrogens (primary N) is 1. The van der Waals surface area contributed by atoms with Crippen LogP contribution < -0.4 is 5.73 Å². The van der Waals surface area contributed by atoms with Crippen LogP contribution in [0.4, 0.5) is 5.82 Å². The number of terminal acetylenes is 1. The largest absolute Gasteiger partial charge is 0.381 e. The van der Waals surface area contributed by atoms with Crippen molar-refractivity contribution in [2.75, 3.05) is 5.73 Å². The summed E-state index contributed by atoms with van der Waals surface area (Å²) in [5.41, 5.74) is 7.51. The molecule has 0 aliphatic carbocycles. The molecule has 0 bridgehead atoms. The summed E-state index contributed by atoms with van der Waals surface area (Å²) < 4.78 is 0. The number of nitrogen functional groups attached to an aromatic ring is 1. The van der Waals surface area contributed by atoms with Crippen molar-refractivity contribution in [3.8, 4) is 12.3 Å². The quantitative estimate of drug-likeness (QED) is 0.603. The highest BCUT2D eigenvalue weighted by Gasteiger charge is 2.01. The van der Waals surface area contributed by atoms with Crippen molar-refractivity contribution in [1.82, 2.24) is 9.97 Å². The van der Waals surface area contributed by atoms with E-state index in [1.54, 1.807) is 0 Å². The van der Waals surface area contributed by atoms with Gasteiger partial charge in [0.1, 0.15) is 0 Å². The molecule has 2 rings (SSSR count). The first-order valence-corrected chi connectivity index (χ1v) is 3.80. The Bertz CT molecular complexity index is 497. The van der Waals surface area contributed by atoms with Gasteiger partial charge in [0, 0.05) is 0 Å². The summed E-state index contributed by atoms with van der Waals surface area (Å²) in [6.45, 7) is 0. The highest BCUT2D eigenvalue weighted by atomic mass is 14.9. The van der Waals surface area contributed by atoms with Crippen LogP contribution in [0.15, 0.2) is 24.3 Å². The molecule has 0 aliphatic heterocycles. The Morgan fingerprint density at radius 2 is 1.77 bits per heavy atom. The Hall–Kier alpha value is -2.08. The molecule has 0 aliphatic rings.